The van der Waals surface area contributed by atoms with Crippen molar-refractivity contribution in [3.8, 4) is 11.5 Å². The van der Waals surface area contributed by atoms with Gasteiger partial charge >= 0.3 is 5.91 Å². The standard InChI is InChI=1S/C37H31N3O5S2/c1-22-11-13-25(14-12-22)21-46-37-39-38-36(47-37)40-32(26-9-6-10-29(19-26)44-20-24-7-4-3-5-8-24)31(34(42)35(40)43)33(41)27-15-16-30-28(18-27)17-23(2)45-30/h3-16,18-19,23,32,41H,17,20-21H2,1-2H3/b33-31+/t23-,32+/m0/s1. The third-order valence-electron chi connectivity index (χ3n) is 8.12. The first-order chi connectivity index (χ1) is 22.8. The highest BCUT2D eigenvalue weighted by Gasteiger charge is 2.48. The normalized spacial score (nSPS) is 18.3. The third kappa shape index (κ3) is 6.39. The summed E-state index contributed by atoms with van der Waals surface area (Å²) in [5.74, 6) is 0.158. The number of carbonyl (C=O) groups is 2. The molecule has 236 valence electrons. The summed E-state index contributed by atoms with van der Waals surface area (Å²) in [5, 5.41) is 20.7. The van der Waals surface area contributed by atoms with E-state index in [4.69, 9.17) is 9.47 Å². The Labute approximate surface area is 280 Å². The van der Waals surface area contributed by atoms with Crippen LogP contribution in [0, 0.1) is 6.92 Å². The summed E-state index contributed by atoms with van der Waals surface area (Å²) in [7, 11) is 0. The maximum absolute atomic E-state index is 13.8. The number of hydrogen-bond donors (Lipinski definition) is 1. The second kappa shape index (κ2) is 13.1. The maximum atomic E-state index is 13.8. The third-order valence-corrected chi connectivity index (χ3v) is 10.2. The van der Waals surface area contributed by atoms with E-state index >= 15 is 0 Å². The van der Waals surface area contributed by atoms with Gasteiger partial charge in [0.1, 0.15) is 30.0 Å². The molecule has 0 unspecified atom stereocenters. The monoisotopic (exact) mass is 661 g/mol. The number of ketones is 1. The first-order valence-electron chi connectivity index (χ1n) is 15.2. The van der Waals surface area contributed by atoms with Crippen LogP contribution in [-0.2, 0) is 28.4 Å². The van der Waals surface area contributed by atoms with Gasteiger partial charge in [-0.05, 0) is 66.4 Å². The van der Waals surface area contributed by atoms with E-state index in [2.05, 4.69) is 34.5 Å². The molecule has 1 N–H and O–H groups in total. The fourth-order valence-corrected chi connectivity index (χ4v) is 7.60. The predicted octanol–water partition coefficient (Wildman–Crippen LogP) is 7.67. The molecule has 1 saturated heterocycles. The molecule has 0 radical (unpaired) electrons. The zero-order valence-electron chi connectivity index (χ0n) is 25.8. The molecule has 4 aromatic carbocycles. The number of anilines is 1. The number of aryl methyl sites for hydroxylation is 1. The number of ether oxygens (including phenoxy) is 2. The van der Waals surface area contributed by atoms with Crippen LogP contribution in [0.5, 0.6) is 11.5 Å². The zero-order valence-corrected chi connectivity index (χ0v) is 27.4. The molecule has 2 aliphatic heterocycles. The number of aliphatic hydroxyl groups excluding tert-OH is 1. The van der Waals surface area contributed by atoms with Gasteiger partial charge in [-0.25, -0.2) is 0 Å². The number of carbonyl (C=O) groups excluding carboxylic acids is 2. The number of benzene rings is 4. The van der Waals surface area contributed by atoms with Crippen LogP contribution in [0.2, 0.25) is 0 Å². The molecule has 47 heavy (non-hydrogen) atoms. The van der Waals surface area contributed by atoms with Crippen LogP contribution in [0.25, 0.3) is 5.76 Å². The molecule has 2 aliphatic rings. The van der Waals surface area contributed by atoms with E-state index in [0.29, 0.717) is 40.0 Å². The molecule has 0 saturated carbocycles. The van der Waals surface area contributed by atoms with Gasteiger partial charge in [-0.2, -0.15) is 0 Å². The lowest BCUT2D eigenvalue weighted by Gasteiger charge is -2.23. The van der Waals surface area contributed by atoms with Crippen molar-refractivity contribution in [2.24, 2.45) is 0 Å². The second-order valence-electron chi connectivity index (χ2n) is 11.6. The molecule has 3 heterocycles. The van der Waals surface area contributed by atoms with E-state index in [0.717, 1.165) is 22.4 Å². The number of rotatable bonds is 9. The van der Waals surface area contributed by atoms with Crippen molar-refractivity contribution < 1.29 is 24.2 Å². The van der Waals surface area contributed by atoms with Gasteiger partial charge in [0.25, 0.3) is 5.78 Å². The van der Waals surface area contributed by atoms with Crippen LogP contribution in [-0.4, -0.2) is 33.1 Å². The number of amides is 1. The van der Waals surface area contributed by atoms with E-state index in [1.165, 1.54) is 33.6 Å². The van der Waals surface area contributed by atoms with E-state index in [-0.39, 0.29) is 22.6 Å². The Bertz CT molecular complexity index is 1990. The molecule has 1 fully saturated rings. The Morgan fingerprint density at radius 1 is 0.979 bits per heavy atom. The van der Waals surface area contributed by atoms with E-state index < -0.39 is 17.7 Å². The number of aromatic nitrogens is 2. The van der Waals surface area contributed by atoms with Crippen LogP contribution in [0.3, 0.4) is 0 Å². The van der Waals surface area contributed by atoms with Crippen molar-refractivity contribution in [1.29, 1.82) is 0 Å². The summed E-state index contributed by atoms with van der Waals surface area (Å²) in [6.07, 6.45) is 0.699. The lowest BCUT2D eigenvalue weighted by molar-refractivity contribution is -0.132. The average Bonchev–Trinajstić information content (AvgIpc) is 3.78. The van der Waals surface area contributed by atoms with Crippen molar-refractivity contribution in [2.45, 2.75) is 49.1 Å². The minimum atomic E-state index is -0.957. The molecule has 5 aromatic rings. The van der Waals surface area contributed by atoms with Crippen molar-refractivity contribution in [3.63, 3.8) is 0 Å². The molecule has 1 amide bonds. The number of fused-ring (bicyclic) bond motifs is 1. The highest BCUT2D eigenvalue weighted by Crippen LogP contribution is 2.45. The summed E-state index contributed by atoms with van der Waals surface area (Å²) in [4.78, 5) is 28.9. The van der Waals surface area contributed by atoms with Crippen molar-refractivity contribution in [3.05, 3.63) is 136 Å². The van der Waals surface area contributed by atoms with Crippen molar-refractivity contribution >= 4 is 45.7 Å². The minimum absolute atomic E-state index is 0.0158. The van der Waals surface area contributed by atoms with Gasteiger partial charge in [-0.1, -0.05) is 95.4 Å². The maximum Gasteiger partial charge on any atom is 0.301 e. The molecule has 2 atom stereocenters. The Balaban J connectivity index is 1.25. The van der Waals surface area contributed by atoms with Gasteiger partial charge in [0.15, 0.2) is 4.34 Å². The zero-order chi connectivity index (χ0) is 32.5. The summed E-state index contributed by atoms with van der Waals surface area (Å²) in [5.41, 5.74) is 5.27. The highest BCUT2D eigenvalue weighted by atomic mass is 32.2. The van der Waals surface area contributed by atoms with Crippen LogP contribution < -0.4 is 14.4 Å². The lowest BCUT2D eigenvalue weighted by atomic mass is 9.94. The van der Waals surface area contributed by atoms with Crippen LogP contribution in [0.4, 0.5) is 5.13 Å². The fourth-order valence-electron chi connectivity index (χ4n) is 5.77. The summed E-state index contributed by atoms with van der Waals surface area (Å²) in [6, 6.07) is 29.7. The van der Waals surface area contributed by atoms with Crippen molar-refractivity contribution in [1.82, 2.24) is 10.2 Å². The quantitative estimate of drug-likeness (QED) is 0.0565. The van der Waals surface area contributed by atoms with Crippen molar-refractivity contribution in [2.75, 3.05) is 4.90 Å². The van der Waals surface area contributed by atoms with Gasteiger partial charge in [-0.3, -0.25) is 14.5 Å². The van der Waals surface area contributed by atoms with Gasteiger partial charge < -0.3 is 14.6 Å². The van der Waals surface area contributed by atoms with Crippen LogP contribution >= 0.6 is 23.1 Å². The number of aliphatic hydroxyl groups is 1. The largest absolute Gasteiger partial charge is 0.507 e. The summed E-state index contributed by atoms with van der Waals surface area (Å²) >= 11 is 2.75. The van der Waals surface area contributed by atoms with Gasteiger partial charge in [0.05, 0.1) is 11.6 Å². The molecule has 0 aliphatic carbocycles. The fraction of sp³-hybridized carbons (Fsp3) is 0.189. The topological polar surface area (TPSA) is 102 Å². The first kappa shape index (κ1) is 30.7. The molecule has 0 spiro atoms. The Kier molecular flexibility index (Phi) is 8.53. The van der Waals surface area contributed by atoms with E-state index in [1.807, 2.05) is 68.4 Å². The van der Waals surface area contributed by atoms with Crippen LogP contribution in [0.15, 0.2) is 107 Å². The van der Waals surface area contributed by atoms with Gasteiger partial charge in [0, 0.05) is 17.7 Å². The number of Topliss-reactive ketones (excluding diaryl/α,β-unsaturated/α-hetero) is 1. The summed E-state index contributed by atoms with van der Waals surface area (Å²) in [6.45, 7) is 4.37. The summed E-state index contributed by atoms with van der Waals surface area (Å²) < 4.78 is 12.6. The number of hydrogen-bond acceptors (Lipinski definition) is 9. The average molecular weight is 662 g/mol. The lowest BCUT2D eigenvalue weighted by Crippen LogP contribution is -2.29. The Morgan fingerprint density at radius 3 is 2.60 bits per heavy atom. The number of nitrogens with zero attached hydrogens (tertiary/aromatic N) is 3. The minimum Gasteiger partial charge on any atom is -0.507 e. The number of thioether (sulfide) groups is 1. The SMILES string of the molecule is Cc1ccc(CSc2nnc(N3C(=O)C(=O)/C(=C(/O)c4ccc5c(c4)C[C@H](C)O5)[C@H]3c3cccc(OCc4ccccc4)c3)s2)cc1. The molecule has 10 heteroatoms. The molecule has 7 rings (SSSR count). The van der Waals surface area contributed by atoms with Gasteiger partial charge in [0.2, 0.25) is 5.13 Å². The van der Waals surface area contributed by atoms with E-state index in [1.54, 1.807) is 18.2 Å². The molecule has 0 bridgehead atoms. The van der Waals surface area contributed by atoms with Crippen LogP contribution in [0.1, 0.15) is 46.3 Å². The molecule has 1 aromatic heterocycles. The molecule has 8 nitrogen and oxygen atoms in total. The Morgan fingerprint density at radius 2 is 1.79 bits per heavy atom. The predicted molar refractivity (Wildman–Crippen MR) is 183 cm³/mol. The molecular formula is C37H31N3O5S2. The van der Waals surface area contributed by atoms with E-state index in [9.17, 15) is 14.7 Å². The second-order valence-corrected chi connectivity index (χ2v) is 13.8. The molecular weight excluding hydrogens is 631 g/mol. The smallest absolute Gasteiger partial charge is 0.301 e. The highest BCUT2D eigenvalue weighted by molar-refractivity contribution is 8.00. The first-order valence-corrected chi connectivity index (χ1v) is 17.0. The Hall–Kier alpha value is -4.93. The van der Waals surface area contributed by atoms with Gasteiger partial charge in [-0.15, -0.1) is 10.2 Å².